The number of para-hydroxylation sites is 1. The molecule has 0 radical (unpaired) electrons. The van der Waals surface area contributed by atoms with Gasteiger partial charge in [0.05, 0.1) is 39.3 Å². The predicted octanol–water partition coefficient (Wildman–Crippen LogP) is 7.52. The molecular formula is C35H30N2O6. The molecule has 0 amide bonds. The molecular weight excluding hydrogens is 544 g/mol. The van der Waals surface area contributed by atoms with E-state index in [0.29, 0.717) is 40.3 Å². The first-order chi connectivity index (χ1) is 21.0. The second kappa shape index (κ2) is 13.4. The zero-order chi connectivity index (χ0) is 30.2. The van der Waals surface area contributed by atoms with Gasteiger partial charge >= 0.3 is 0 Å². The Bertz CT molecular complexity index is 1770. The summed E-state index contributed by atoms with van der Waals surface area (Å²) < 4.78 is 27.6. The predicted molar refractivity (Wildman–Crippen MR) is 167 cm³/mol. The molecule has 216 valence electrons. The molecule has 0 aliphatic carbocycles. The maximum atomic E-state index is 12.9. The van der Waals surface area contributed by atoms with E-state index in [2.05, 4.69) is 9.97 Å². The number of carbonyl (C=O) groups excluding carboxylic acids is 1. The Morgan fingerprint density at radius 2 is 1.33 bits per heavy atom. The third kappa shape index (κ3) is 6.82. The van der Waals surface area contributed by atoms with Crippen LogP contribution in [0.3, 0.4) is 0 Å². The monoisotopic (exact) mass is 574 g/mol. The van der Waals surface area contributed by atoms with Gasteiger partial charge in [-0.2, -0.15) is 4.98 Å². The molecule has 5 rings (SSSR count). The lowest BCUT2D eigenvalue weighted by Crippen LogP contribution is -1.97. The van der Waals surface area contributed by atoms with Gasteiger partial charge in [-0.3, -0.25) is 4.79 Å². The molecule has 1 heterocycles. The zero-order valence-corrected chi connectivity index (χ0v) is 24.2. The van der Waals surface area contributed by atoms with Crippen LogP contribution in [-0.4, -0.2) is 44.2 Å². The number of allylic oxidation sites excluding steroid dienone is 1. The summed E-state index contributed by atoms with van der Waals surface area (Å²) in [5, 5.41) is 0.775. The van der Waals surface area contributed by atoms with Crippen molar-refractivity contribution in [2.24, 2.45) is 0 Å². The molecule has 1 aromatic heterocycles. The molecule has 8 heteroatoms. The highest BCUT2D eigenvalue weighted by molar-refractivity contribution is 6.07. The third-order valence-electron chi connectivity index (χ3n) is 6.59. The molecule has 0 spiro atoms. The lowest BCUT2D eigenvalue weighted by atomic mass is 10.1. The highest BCUT2D eigenvalue weighted by Crippen LogP contribution is 2.38. The fourth-order valence-electron chi connectivity index (χ4n) is 4.37. The van der Waals surface area contributed by atoms with Crippen LogP contribution in [-0.2, 0) is 0 Å². The Morgan fingerprint density at radius 3 is 1.98 bits per heavy atom. The molecule has 0 saturated carbocycles. The van der Waals surface area contributed by atoms with Crippen LogP contribution >= 0.6 is 0 Å². The summed E-state index contributed by atoms with van der Waals surface area (Å²) in [6.07, 6.45) is 6.96. The largest absolute Gasteiger partial charge is 0.497 e. The fourth-order valence-corrected chi connectivity index (χ4v) is 4.37. The maximum Gasteiger partial charge on any atom is 0.230 e. The highest BCUT2D eigenvalue weighted by atomic mass is 16.5. The number of carbonyl (C=O) groups is 1. The molecule has 5 aromatic rings. The molecule has 0 bridgehead atoms. The fraction of sp³-hybridized carbons (Fsp3) is 0.114. The van der Waals surface area contributed by atoms with Crippen LogP contribution in [0, 0.1) is 0 Å². The second-order valence-electron chi connectivity index (χ2n) is 9.29. The molecule has 0 N–H and O–H groups in total. The van der Waals surface area contributed by atoms with Crippen LogP contribution in [0.4, 0.5) is 0 Å². The van der Waals surface area contributed by atoms with Crippen LogP contribution in [0.25, 0.3) is 29.1 Å². The van der Waals surface area contributed by atoms with E-state index >= 15 is 0 Å². The minimum Gasteiger partial charge on any atom is -0.497 e. The molecule has 0 saturated heterocycles. The Kier molecular flexibility index (Phi) is 8.97. The lowest BCUT2D eigenvalue weighted by molar-refractivity contribution is 0.104. The van der Waals surface area contributed by atoms with Crippen molar-refractivity contribution in [2.45, 2.75) is 0 Å². The Labute approximate surface area is 249 Å². The van der Waals surface area contributed by atoms with Gasteiger partial charge in [0.2, 0.25) is 11.6 Å². The van der Waals surface area contributed by atoms with Gasteiger partial charge in [0.1, 0.15) is 11.5 Å². The van der Waals surface area contributed by atoms with Crippen molar-refractivity contribution in [3.63, 3.8) is 0 Å². The van der Waals surface area contributed by atoms with E-state index in [0.717, 1.165) is 27.8 Å². The Hall–Kier alpha value is -5.63. The molecule has 0 atom stereocenters. The van der Waals surface area contributed by atoms with Crippen molar-refractivity contribution in [1.29, 1.82) is 0 Å². The van der Waals surface area contributed by atoms with Crippen molar-refractivity contribution in [1.82, 2.24) is 9.97 Å². The van der Waals surface area contributed by atoms with Gasteiger partial charge in [0.25, 0.3) is 0 Å². The van der Waals surface area contributed by atoms with Crippen LogP contribution in [0.1, 0.15) is 27.3 Å². The van der Waals surface area contributed by atoms with Crippen LogP contribution in [0.2, 0.25) is 0 Å². The summed E-state index contributed by atoms with van der Waals surface area (Å²) >= 11 is 0. The minimum atomic E-state index is -0.168. The second-order valence-corrected chi connectivity index (χ2v) is 9.29. The molecule has 43 heavy (non-hydrogen) atoms. The normalized spacial score (nSPS) is 11.2. The van der Waals surface area contributed by atoms with Crippen molar-refractivity contribution in [3.05, 3.63) is 114 Å². The SMILES string of the molecule is COc1ccc(/C=C/c2nc(Oc3ccc(C(=O)/C=C/c4cc(OC)c(OC)c(OC)c4)cc3)c3ccccc3n2)cc1. The van der Waals surface area contributed by atoms with Gasteiger partial charge in [0.15, 0.2) is 23.1 Å². The average molecular weight is 575 g/mol. The smallest absolute Gasteiger partial charge is 0.230 e. The number of methoxy groups -OCH3 is 4. The summed E-state index contributed by atoms with van der Waals surface area (Å²) in [5.41, 5.74) is 2.98. The van der Waals surface area contributed by atoms with E-state index in [4.69, 9.17) is 23.7 Å². The molecule has 4 aromatic carbocycles. The Balaban J connectivity index is 1.34. The molecule has 0 aliphatic rings. The molecule has 0 unspecified atom stereocenters. The summed E-state index contributed by atoms with van der Waals surface area (Å²) in [4.78, 5) is 22.2. The van der Waals surface area contributed by atoms with E-state index in [1.54, 1.807) is 70.9 Å². The van der Waals surface area contributed by atoms with Crippen LogP contribution < -0.4 is 23.7 Å². The molecule has 0 fully saturated rings. The summed E-state index contributed by atoms with van der Waals surface area (Å²) in [6, 6.07) is 25.8. The number of nitrogens with zero attached hydrogens (tertiary/aromatic N) is 2. The molecule has 8 nitrogen and oxygen atoms in total. The summed E-state index contributed by atoms with van der Waals surface area (Å²) in [7, 11) is 6.27. The van der Waals surface area contributed by atoms with Crippen molar-refractivity contribution < 1.29 is 28.5 Å². The topological polar surface area (TPSA) is 89.0 Å². The maximum absolute atomic E-state index is 12.9. The first-order valence-electron chi connectivity index (χ1n) is 13.4. The van der Waals surface area contributed by atoms with Gasteiger partial charge in [-0.15, -0.1) is 0 Å². The van der Waals surface area contributed by atoms with Gasteiger partial charge < -0.3 is 23.7 Å². The lowest BCUT2D eigenvalue weighted by Gasteiger charge is -2.12. The number of hydrogen-bond donors (Lipinski definition) is 0. The number of rotatable bonds is 11. The average Bonchev–Trinajstić information content (AvgIpc) is 3.06. The third-order valence-corrected chi connectivity index (χ3v) is 6.59. The number of hydrogen-bond acceptors (Lipinski definition) is 8. The highest BCUT2D eigenvalue weighted by Gasteiger charge is 2.13. The minimum absolute atomic E-state index is 0.168. The number of aromatic nitrogens is 2. The van der Waals surface area contributed by atoms with E-state index in [9.17, 15) is 4.79 Å². The van der Waals surface area contributed by atoms with Gasteiger partial charge in [0, 0.05) is 5.56 Å². The molecule has 0 aliphatic heterocycles. The van der Waals surface area contributed by atoms with Crippen molar-refractivity contribution >= 4 is 34.9 Å². The van der Waals surface area contributed by atoms with E-state index in [1.165, 1.54) is 6.08 Å². The van der Waals surface area contributed by atoms with Crippen molar-refractivity contribution in [2.75, 3.05) is 28.4 Å². The summed E-state index contributed by atoms with van der Waals surface area (Å²) in [5.74, 6) is 3.59. The first kappa shape index (κ1) is 28.9. The van der Waals surface area contributed by atoms with E-state index in [1.807, 2.05) is 60.7 Å². The van der Waals surface area contributed by atoms with Crippen LogP contribution in [0.15, 0.2) is 91.0 Å². The zero-order valence-electron chi connectivity index (χ0n) is 24.2. The number of benzene rings is 4. The number of fused-ring (bicyclic) bond motifs is 1. The standard InChI is InChI=1S/C35H30N2O6/c1-39-26-15-9-23(10-16-26)12-20-33-36-29-8-6-5-7-28(29)35(37-33)43-27-17-13-25(14-18-27)30(38)19-11-24-21-31(40-2)34(42-4)32(22-24)41-3/h5-22H,1-4H3/b19-11+,20-12+. The van der Waals surface area contributed by atoms with Gasteiger partial charge in [-0.05, 0) is 83.9 Å². The summed E-state index contributed by atoms with van der Waals surface area (Å²) in [6.45, 7) is 0. The van der Waals surface area contributed by atoms with Crippen molar-refractivity contribution in [3.8, 4) is 34.6 Å². The van der Waals surface area contributed by atoms with E-state index < -0.39 is 0 Å². The quantitative estimate of drug-likeness (QED) is 0.118. The van der Waals surface area contributed by atoms with Gasteiger partial charge in [-0.1, -0.05) is 36.4 Å². The van der Waals surface area contributed by atoms with E-state index in [-0.39, 0.29) is 5.78 Å². The first-order valence-corrected chi connectivity index (χ1v) is 13.4. The van der Waals surface area contributed by atoms with Gasteiger partial charge in [-0.25, -0.2) is 4.98 Å². The van der Waals surface area contributed by atoms with Crippen LogP contribution in [0.5, 0.6) is 34.6 Å². The number of ketones is 1. The Morgan fingerprint density at radius 1 is 0.651 bits per heavy atom. The number of ether oxygens (including phenoxy) is 5.